The van der Waals surface area contributed by atoms with Gasteiger partial charge >= 0.3 is 0 Å². The predicted molar refractivity (Wildman–Crippen MR) is 287 cm³/mol. The van der Waals surface area contributed by atoms with E-state index in [1.807, 2.05) is 11.3 Å². The minimum Gasteiger partial charge on any atom is -0.455 e. The van der Waals surface area contributed by atoms with Gasteiger partial charge in [0.25, 0.3) is 0 Å². The van der Waals surface area contributed by atoms with E-state index >= 15 is 0 Å². The summed E-state index contributed by atoms with van der Waals surface area (Å²) >= 11 is 1.87. The first-order chi connectivity index (χ1) is 33.7. The van der Waals surface area contributed by atoms with Gasteiger partial charge in [-0.2, -0.15) is 0 Å². The lowest BCUT2D eigenvalue weighted by molar-refractivity contribution is 0.673. The summed E-state index contributed by atoms with van der Waals surface area (Å²) in [5.74, 6) is 0. The van der Waals surface area contributed by atoms with Crippen molar-refractivity contribution in [3.63, 3.8) is 0 Å². The third-order valence-electron chi connectivity index (χ3n) is 14.4. The summed E-state index contributed by atoms with van der Waals surface area (Å²) in [6.45, 7) is 0. The largest absolute Gasteiger partial charge is 0.455 e. The van der Waals surface area contributed by atoms with Gasteiger partial charge in [0, 0.05) is 53.4 Å². The van der Waals surface area contributed by atoms with Crippen LogP contribution in [0.5, 0.6) is 0 Å². The van der Waals surface area contributed by atoms with Crippen molar-refractivity contribution in [3.05, 3.63) is 271 Å². The van der Waals surface area contributed by atoms with Crippen molar-refractivity contribution < 1.29 is 4.42 Å². The van der Waals surface area contributed by atoms with Crippen molar-refractivity contribution in [2.75, 3.05) is 4.90 Å². The maximum absolute atomic E-state index is 6.62. The number of hydrogen-bond donors (Lipinski definition) is 0. The van der Waals surface area contributed by atoms with Crippen LogP contribution in [0.15, 0.2) is 253 Å². The Balaban J connectivity index is 0.951. The molecule has 14 rings (SSSR count). The summed E-state index contributed by atoms with van der Waals surface area (Å²) in [6.07, 6.45) is 0. The molecule has 0 radical (unpaired) electrons. The molecular weight excluding hydrogens is 843 g/mol. The molecule has 2 heterocycles. The molecule has 68 heavy (non-hydrogen) atoms. The van der Waals surface area contributed by atoms with Gasteiger partial charge in [0.05, 0.1) is 5.41 Å². The van der Waals surface area contributed by atoms with E-state index in [1.165, 1.54) is 70.1 Å². The van der Waals surface area contributed by atoms with Gasteiger partial charge in [-0.25, -0.2) is 0 Å². The van der Waals surface area contributed by atoms with Crippen LogP contribution in [-0.2, 0) is 5.41 Å². The van der Waals surface area contributed by atoms with Crippen molar-refractivity contribution in [2.24, 2.45) is 0 Å². The third-order valence-corrected chi connectivity index (χ3v) is 15.6. The molecule has 0 amide bonds. The molecule has 0 fully saturated rings. The summed E-state index contributed by atoms with van der Waals surface area (Å²) in [4.78, 5) is 2.43. The van der Waals surface area contributed by atoms with Crippen LogP contribution in [0, 0.1) is 0 Å². The Morgan fingerprint density at radius 1 is 0.368 bits per heavy atom. The lowest BCUT2D eigenvalue weighted by atomic mass is 9.67. The maximum Gasteiger partial charge on any atom is 0.143 e. The molecule has 1 aliphatic carbocycles. The van der Waals surface area contributed by atoms with Crippen LogP contribution in [0.25, 0.3) is 86.3 Å². The molecule has 318 valence electrons. The first kappa shape index (κ1) is 38.7. The summed E-state index contributed by atoms with van der Waals surface area (Å²) in [7, 11) is 0. The Kier molecular flexibility index (Phi) is 8.71. The highest BCUT2D eigenvalue weighted by Gasteiger charge is 2.46. The van der Waals surface area contributed by atoms with Gasteiger partial charge in [-0.15, -0.1) is 11.3 Å². The average molecular weight is 884 g/mol. The monoisotopic (exact) mass is 883 g/mol. The predicted octanol–water partition coefficient (Wildman–Crippen LogP) is 18.3. The normalized spacial score (nSPS) is 12.8. The second-order valence-electron chi connectivity index (χ2n) is 17.9. The van der Waals surface area contributed by atoms with Crippen LogP contribution < -0.4 is 4.90 Å². The van der Waals surface area contributed by atoms with Crippen molar-refractivity contribution in [1.82, 2.24) is 0 Å². The van der Waals surface area contributed by atoms with Gasteiger partial charge in [0.1, 0.15) is 11.2 Å². The fourth-order valence-corrected chi connectivity index (χ4v) is 12.6. The van der Waals surface area contributed by atoms with E-state index in [0.29, 0.717) is 0 Å². The Labute approximate surface area is 398 Å². The standard InChI is InChI=1S/C65H41NOS/c1-3-16-45(17-4-1)65(46-18-5-2-6-19-46)58-26-11-9-21-53(58)54-40-38-49(41-59(54)65)66(48-36-31-44(32-37-48)52-24-13-25-56-55-22-10-12-28-61(55)68-64(52)56)47-34-29-43(30-35-47)50-23-14-27-60-62(50)57-39-33-42-15-7-8-20-51(42)63(57)67-60/h1-41H. The molecule has 0 unspecified atom stereocenters. The first-order valence-electron chi connectivity index (χ1n) is 23.3. The van der Waals surface area contributed by atoms with Crippen LogP contribution in [0.3, 0.4) is 0 Å². The summed E-state index contributed by atoms with van der Waals surface area (Å²) < 4.78 is 9.25. The fraction of sp³-hybridized carbons (Fsp3) is 0.0154. The first-order valence-corrected chi connectivity index (χ1v) is 24.1. The highest BCUT2D eigenvalue weighted by atomic mass is 32.1. The number of nitrogens with zero attached hydrogens (tertiary/aromatic N) is 1. The van der Waals surface area contributed by atoms with Crippen LogP contribution in [0.1, 0.15) is 22.3 Å². The van der Waals surface area contributed by atoms with Crippen LogP contribution in [0.2, 0.25) is 0 Å². The lowest BCUT2D eigenvalue weighted by Gasteiger charge is -2.35. The fourth-order valence-electron chi connectivity index (χ4n) is 11.4. The molecule has 3 heteroatoms. The molecule has 0 N–H and O–H groups in total. The molecule has 0 saturated heterocycles. The van der Waals surface area contributed by atoms with Crippen molar-refractivity contribution in [3.8, 4) is 33.4 Å². The van der Waals surface area contributed by atoms with Crippen LogP contribution >= 0.6 is 11.3 Å². The van der Waals surface area contributed by atoms with Gasteiger partial charge in [-0.1, -0.05) is 194 Å². The summed E-state index contributed by atoms with van der Waals surface area (Å²) in [6, 6.07) is 91.3. The number of furan rings is 1. The van der Waals surface area contributed by atoms with Crippen molar-refractivity contribution in [2.45, 2.75) is 5.41 Å². The van der Waals surface area contributed by atoms with Crippen molar-refractivity contribution >= 4 is 81.3 Å². The molecule has 0 bridgehead atoms. The van der Waals surface area contributed by atoms with Gasteiger partial charge < -0.3 is 9.32 Å². The maximum atomic E-state index is 6.62. The van der Waals surface area contributed by atoms with E-state index < -0.39 is 5.41 Å². The number of hydrogen-bond acceptors (Lipinski definition) is 3. The molecule has 0 saturated carbocycles. The van der Waals surface area contributed by atoms with E-state index in [-0.39, 0.29) is 0 Å². The molecule has 0 atom stereocenters. The molecule has 1 aliphatic rings. The average Bonchev–Trinajstić information content (AvgIpc) is 4.09. The Hall–Kier alpha value is -8.50. The Bertz CT molecular complexity index is 4030. The Morgan fingerprint density at radius 2 is 0.941 bits per heavy atom. The zero-order valence-corrected chi connectivity index (χ0v) is 37.8. The SMILES string of the molecule is c1ccc(C2(c3ccccc3)c3ccccc3-c3ccc(N(c4ccc(-c5cccc6c5sc5ccccc56)cc4)c4ccc(-c5cccc6oc7c8ccccc8ccc7c56)cc4)cc32)cc1. The van der Waals surface area contributed by atoms with Gasteiger partial charge in [-0.3, -0.25) is 0 Å². The smallest absolute Gasteiger partial charge is 0.143 e. The summed E-state index contributed by atoms with van der Waals surface area (Å²) in [5, 5.41) is 7.19. The highest BCUT2D eigenvalue weighted by Crippen LogP contribution is 2.57. The van der Waals surface area contributed by atoms with Crippen LogP contribution in [0.4, 0.5) is 17.1 Å². The minimum atomic E-state index is -0.524. The van der Waals surface area contributed by atoms with E-state index in [1.54, 1.807) is 0 Å². The van der Waals surface area contributed by atoms with Crippen molar-refractivity contribution in [1.29, 1.82) is 0 Å². The molecular formula is C65H41NOS. The van der Waals surface area contributed by atoms with Crippen LogP contribution in [-0.4, -0.2) is 0 Å². The zero-order chi connectivity index (χ0) is 44.8. The zero-order valence-electron chi connectivity index (χ0n) is 36.9. The molecule has 2 nitrogen and oxygen atoms in total. The van der Waals surface area contributed by atoms with Gasteiger partial charge in [0.15, 0.2) is 0 Å². The number of thiophene rings is 1. The molecule has 0 aliphatic heterocycles. The highest BCUT2D eigenvalue weighted by molar-refractivity contribution is 7.26. The van der Waals surface area contributed by atoms with Gasteiger partial charge in [0.2, 0.25) is 0 Å². The number of fused-ring (bicyclic) bond motifs is 11. The molecule has 13 aromatic rings. The number of anilines is 3. The van der Waals surface area contributed by atoms with E-state index in [9.17, 15) is 0 Å². The summed E-state index contributed by atoms with van der Waals surface area (Å²) in [5.41, 5.74) is 16.9. The lowest BCUT2D eigenvalue weighted by Crippen LogP contribution is -2.28. The quantitative estimate of drug-likeness (QED) is 0.159. The van der Waals surface area contributed by atoms with E-state index in [2.05, 4.69) is 254 Å². The second-order valence-corrected chi connectivity index (χ2v) is 19.0. The second kappa shape index (κ2) is 15.3. The Morgan fingerprint density at radius 3 is 1.71 bits per heavy atom. The molecule has 0 spiro atoms. The topological polar surface area (TPSA) is 16.4 Å². The van der Waals surface area contributed by atoms with E-state index in [4.69, 9.17) is 4.42 Å². The van der Waals surface area contributed by atoms with Gasteiger partial charge in [-0.05, 0) is 116 Å². The third kappa shape index (κ3) is 5.76. The molecule has 2 aromatic heterocycles. The molecule has 11 aromatic carbocycles. The minimum absolute atomic E-state index is 0.524. The van der Waals surface area contributed by atoms with E-state index in [0.717, 1.165) is 55.5 Å². The number of rotatable bonds is 7. The number of benzene rings is 11.